The average molecular weight is 226 g/mol. The van der Waals surface area contributed by atoms with Gasteiger partial charge in [-0.3, -0.25) is 4.98 Å². The first-order valence-corrected chi connectivity index (χ1v) is 6.44. The normalized spacial score (nSPS) is 24.3. The van der Waals surface area contributed by atoms with Gasteiger partial charge in [0.05, 0.1) is 5.52 Å². The molecule has 1 N–H and O–H groups in total. The lowest BCUT2D eigenvalue weighted by Crippen LogP contribution is -2.35. The standard InChI is InChI=1S/C15H18N2/c1-2-15(8-4-10-17-15)13-7-6-12-5-3-9-16-14(12)11-13/h3,5-7,9,11,17H,2,4,8,10H2,1H3. The molecule has 0 saturated carbocycles. The van der Waals surface area contributed by atoms with Crippen molar-refractivity contribution in [2.75, 3.05) is 6.54 Å². The van der Waals surface area contributed by atoms with Crippen molar-refractivity contribution in [1.29, 1.82) is 0 Å². The number of hydrogen-bond donors (Lipinski definition) is 1. The minimum Gasteiger partial charge on any atom is -0.307 e. The highest BCUT2D eigenvalue weighted by Gasteiger charge is 2.33. The van der Waals surface area contributed by atoms with Crippen molar-refractivity contribution >= 4 is 10.9 Å². The van der Waals surface area contributed by atoms with E-state index in [4.69, 9.17) is 0 Å². The van der Waals surface area contributed by atoms with Gasteiger partial charge in [0.15, 0.2) is 0 Å². The van der Waals surface area contributed by atoms with Gasteiger partial charge in [0, 0.05) is 17.1 Å². The van der Waals surface area contributed by atoms with E-state index in [0.717, 1.165) is 18.5 Å². The van der Waals surface area contributed by atoms with Gasteiger partial charge in [0.25, 0.3) is 0 Å². The molecule has 1 aliphatic heterocycles. The van der Waals surface area contributed by atoms with Gasteiger partial charge in [-0.25, -0.2) is 0 Å². The Bertz CT molecular complexity index is 527. The third kappa shape index (κ3) is 1.73. The summed E-state index contributed by atoms with van der Waals surface area (Å²) in [5, 5.41) is 4.90. The van der Waals surface area contributed by atoms with Crippen molar-refractivity contribution in [3.63, 3.8) is 0 Å². The lowest BCUT2D eigenvalue weighted by molar-refractivity contribution is 0.376. The van der Waals surface area contributed by atoms with Gasteiger partial charge < -0.3 is 5.32 Å². The summed E-state index contributed by atoms with van der Waals surface area (Å²) in [4.78, 5) is 4.45. The molecule has 1 aliphatic rings. The minimum atomic E-state index is 0.186. The highest BCUT2D eigenvalue weighted by atomic mass is 15.0. The van der Waals surface area contributed by atoms with Crippen LogP contribution in [0.2, 0.25) is 0 Å². The SMILES string of the molecule is CCC1(c2ccc3cccnc3c2)CCCN1. The van der Waals surface area contributed by atoms with E-state index in [1.165, 1.54) is 23.8 Å². The van der Waals surface area contributed by atoms with Gasteiger partial charge >= 0.3 is 0 Å². The summed E-state index contributed by atoms with van der Waals surface area (Å²) in [5.41, 5.74) is 2.68. The van der Waals surface area contributed by atoms with Crippen LogP contribution in [-0.2, 0) is 5.54 Å². The molecule has 17 heavy (non-hydrogen) atoms. The molecule has 1 saturated heterocycles. The second-order valence-corrected chi connectivity index (χ2v) is 4.88. The molecule has 88 valence electrons. The summed E-state index contributed by atoms with van der Waals surface area (Å²) in [6.45, 7) is 3.40. The molecule has 1 fully saturated rings. The van der Waals surface area contributed by atoms with Crippen molar-refractivity contribution in [2.45, 2.75) is 31.7 Å². The minimum absolute atomic E-state index is 0.186. The van der Waals surface area contributed by atoms with Crippen molar-refractivity contribution in [3.8, 4) is 0 Å². The Morgan fingerprint density at radius 2 is 2.29 bits per heavy atom. The van der Waals surface area contributed by atoms with Crippen LogP contribution in [0, 0.1) is 0 Å². The fourth-order valence-corrected chi connectivity index (χ4v) is 2.92. The monoisotopic (exact) mass is 226 g/mol. The summed E-state index contributed by atoms with van der Waals surface area (Å²) < 4.78 is 0. The van der Waals surface area contributed by atoms with Crippen LogP contribution in [0.5, 0.6) is 0 Å². The van der Waals surface area contributed by atoms with Crippen molar-refractivity contribution < 1.29 is 0 Å². The number of aromatic nitrogens is 1. The number of pyridine rings is 1. The first-order chi connectivity index (χ1) is 8.34. The van der Waals surface area contributed by atoms with Crippen LogP contribution in [-0.4, -0.2) is 11.5 Å². The fraction of sp³-hybridized carbons (Fsp3) is 0.400. The highest BCUT2D eigenvalue weighted by Crippen LogP contribution is 2.34. The Hall–Kier alpha value is -1.41. The summed E-state index contributed by atoms with van der Waals surface area (Å²) in [5.74, 6) is 0. The number of fused-ring (bicyclic) bond motifs is 1. The molecule has 1 aromatic heterocycles. The van der Waals surface area contributed by atoms with Crippen LogP contribution in [0.1, 0.15) is 31.7 Å². The predicted molar refractivity (Wildman–Crippen MR) is 70.9 cm³/mol. The van der Waals surface area contributed by atoms with Crippen LogP contribution in [0.4, 0.5) is 0 Å². The van der Waals surface area contributed by atoms with Gasteiger partial charge in [-0.05, 0) is 43.5 Å². The number of rotatable bonds is 2. The maximum atomic E-state index is 4.45. The number of nitrogens with zero attached hydrogens (tertiary/aromatic N) is 1. The van der Waals surface area contributed by atoms with Gasteiger partial charge in [-0.2, -0.15) is 0 Å². The molecular weight excluding hydrogens is 208 g/mol. The first kappa shape index (κ1) is 10.7. The van der Waals surface area contributed by atoms with Crippen molar-refractivity contribution in [1.82, 2.24) is 10.3 Å². The Labute approximate surface area is 102 Å². The van der Waals surface area contributed by atoms with Crippen LogP contribution in [0.3, 0.4) is 0 Å². The average Bonchev–Trinajstić information content (AvgIpc) is 2.88. The maximum absolute atomic E-state index is 4.45. The zero-order valence-electron chi connectivity index (χ0n) is 10.2. The molecule has 1 aromatic carbocycles. The molecule has 2 heteroatoms. The smallest absolute Gasteiger partial charge is 0.0705 e. The summed E-state index contributed by atoms with van der Waals surface area (Å²) in [7, 11) is 0. The molecule has 2 heterocycles. The third-order valence-electron chi connectivity index (χ3n) is 4.01. The van der Waals surface area contributed by atoms with E-state index in [2.05, 4.69) is 41.5 Å². The number of benzene rings is 1. The van der Waals surface area contributed by atoms with Crippen LogP contribution in [0.25, 0.3) is 10.9 Å². The zero-order chi connectivity index (χ0) is 11.7. The Balaban J connectivity index is 2.10. The van der Waals surface area contributed by atoms with E-state index in [0.29, 0.717) is 0 Å². The van der Waals surface area contributed by atoms with Crippen LogP contribution >= 0.6 is 0 Å². The molecule has 3 rings (SSSR count). The molecule has 0 radical (unpaired) electrons. The second-order valence-electron chi connectivity index (χ2n) is 4.88. The van der Waals surface area contributed by atoms with E-state index >= 15 is 0 Å². The van der Waals surface area contributed by atoms with Gasteiger partial charge in [-0.15, -0.1) is 0 Å². The lowest BCUT2D eigenvalue weighted by atomic mass is 9.85. The molecule has 2 aromatic rings. The van der Waals surface area contributed by atoms with Gasteiger partial charge in [-0.1, -0.05) is 25.1 Å². The number of hydrogen-bond acceptors (Lipinski definition) is 2. The number of nitrogens with one attached hydrogen (secondary N) is 1. The molecular formula is C15H18N2. The van der Waals surface area contributed by atoms with Gasteiger partial charge in [0.1, 0.15) is 0 Å². The molecule has 1 atom stereocenters. The van der Waals surface area contributed by atoms with Crippen molar-refractivity contribution in [2.24, 2.45) is 0 Å². The van der Waals surface area contributed by atoms with Gasteiger partial charge in [0.2, 0.25) is 0 Å². The first-order valence-electron chi connectivity index (χ1n) is 6.44. The Morgan fingerprint density at radius 1 is 1.35 bits per heavy atom. The molecule has 0 aliphatic carbocycles. The summed E-state index contributed by atoms with van der Waals surface area (Å²) in [6, 6.07) is 10.8. The Kier molecular flexibility index (Phi) is 2.60. The quantitative estimate of drug-likeness (QED) is 0.850. The largest absolute Gasteiger partial charge is 0.307 e. The van der Waals surface area contributed by atoms with E-state index in [1.54, 1.807) is 0 Å². The third-order valence-corrected chi connectivity index (χ3v) is 4.01. The maximum Gasteiger partial charge on any atom is 0.0705 e. The van der Waals surface area contributed by atoms with Crippen LogP contribution < -0.4 is 5.32 Å². The fourth-order valence-electron chi connectivity index (χ4n) is 2.92. The second kappa shape index (κ2) is 4.11. The molecule has 0 spiro atoms. The molecule has 2 nitrogen and oxygen atoms in total. The van der Waals surface area contributed by atoms with E-state index in [9.17, 15) is 0 Å². The topological polar surface area (TPSA) is 24.9 Å². The zero-order valence-corrected chi connectivity index (χ0v) is 10.2. The summed E-state index contributed by atoms with van der Waals surface area (Å²) in [6.07, 6.45) is 5.52. The van der Waals surface area contributed by atoms with E-state index in [1.807, 2.05) is 12.3 Å². The molecule has 1 unspecified atom stereocenters. The molecule has 0 amide bonds. The van der Waals surface area contributed by atoms with E-state index < -0.39 is 0 Å². The van der Waals surface area contributed by atoms with Crippen LogP contribution in [0.15, 0.2) is 36.5 Å². The van der Waals surface area contributed by atoms with Crippen molar-refractivity contribution in [3.05, 3.63) is 42.1 Å². The van der Waals surface area contributed by atoms with E-state index in [-0.39, 0.29) is 5.54 Å². The lowest BCUT2D eigenvalue weighted by Gasteiger charge is -2.29. The highest BCUT2D eigenvalue weighted by molar-refractivity contribution is 5.79. The Morgan fingerprint density at radius 3 is 3.06 bits per heavy atom. The predicted octanol–water partition coefficient (Wildman–Crippen LogP) is 3.22. The summed E-state index contributed by atoms with van der Waals surface area (Å²) >= 11 is 0. The molecule has 0 bridgehead atoms.